The van der Waals surface area contributed by atoms with Crippen LogP contribution in [0, 0.1) is 0 Å². The van der Waals surface area contributed by atoms with Crippen molar-refractivity contribution >= 4 is 40.6 Å². The van der Waals surface area contributed by atoms with Gasteiger partial charge in [0.15, 0.2) is 0 Å². The molecule has 2 rings (SSSR count). The predicted molar refractivity (Wildman–Crippen MR) is 134 cm³/mol. The number of para-hydroxylation sites is 1. The number of nitrogens with two attached hydrogens (primary N) is 2. The van der Waals surface area contributed by atoms with Crippen LogP contribution in [0.15, 0.2) is 30.5 Å². The number of nitrogens with one attached hydrogen (secondary N) is 4. The lowest BCUT2D eigenvalue weighted by Gasteiger charge is -2.20. The number of carboxylic acids is 2. The van der Waals surface area contributed by atoms with Gasteiger partial charge in [-0.05, 0) is 50.3 Å². The summed E-state index contributed by atoms with van der Waals surface area (Å²) in [5, 5.41) is 26.3. The zero-order valence-electron chi connectivity index (χ0n) is 20.4. The fourth-order valence-electron chi connectivity index (χ4n) is 3.73. The van der Waals surface area contributed by atoms with Crippen LogP contribution in [-0.2, 0) is 30.4 Å². The summed E-state index contributed by atoms with van der Waals surface area (Å²) in [6.07, 6.45) is 2.55. The molecule has 13 nitrogen and oxygen atoms in total. The molecule has 3 amide bonds. The fraction of sp³-hybridized carbons (Fsp3) is 0.458. The molecule has 37 heavy (non-hydrogen) atoms. The van der Waals surface area contributed by atoms with Crippen molar-refractivity contribution < 1.29 is 34.2 Å². The van der Waals surface area contributed by atoms with Crippen molar-refractivity contribution in [2.45, 2.75) is 56.7 Å². The van der Waals surface area contributed by atoms with Crippen LogP contribution in [0.25, 0.3) is 10.9 Å². The van der Waals surface area contributed by atoms with Crippen LogP contribution < -0.4 is 27.4 Å². The first-order chi connectivity index (χ1) is 17.6. The maximum atomic E-state index is 12.7. The average molecular weight is 519 g/mol. The molecule has 3 unspecified atom stereocenters. The summed E-state index contributed by atoms with van der Waals surface area (Å²) in [7, 11) is 0. The summed E-state index contributed by atoms with van der Waals surface area (Å²) in [6, 6.07) is 4.06. The highest BCUT2D eigenvalue weighted by molar-refractivity contribution is 5.93. The second-order valence-corrected chi connectivity index (χ2v) is 8.62. The first-order valence-electron chi connectivity index (χ1n) is 11.9. The largest absolute Gasteiger partial charge is 0.481 e. The van der Waals surface area contributed by atoms with E-state index in [0.717, 1.165) is 16.5 Å². The minimum absolute atomic E-state index is 0.173. The minimum atomic E-state index is -1.26. The van der Waals surface area contributed by atoms with Gasteiger partial charge in [0.1, 0.15) is 12.1 Å². The Morgan fingerprint density at radius 2 is 1.68 bits per heavy atom. The molecule has 0 bridgehead atoms. The summed E-state index contributed by atoms with van der Waals surface area (Å²) >= 11 is 0. The number of aliphatic carboxylic acids is 2. The number of carboxylic acid groups (broad SMARTS) is 2. The molecule has 0 aliphatic carbocycles. The molecule has 3 atom stereocenters. The molecule has 13 heteroatoms. The molecule has 1 aromatic carbocycles. The van der Waals surface area contributed by atoms with Crippen LogP contribution in [0.1, 0.15) is 37.7 Å². The van der Waals surface area contributed by atoms with Gasteiger partial charge in [0, 0.05) is 23.5 Å². The van der Waals surface area contributed by atoms with Crippen molar-refractivity contribution in [3.63, 3.8) is 0 Å². The second kappa shape index (κ2) is 14.6. The number of fused-ring (bicyclic) bond motifs is 1. The Hall–Kier alpha value is -3.97. The van der Waals surface area contributed by atoms with Gasteiger partial charge in [-0.15, -0.1) is 0 Å². The van der Waals surface area contributed by atoms with E-state index < -0.39 is 60.8 Å². The number of benzene rings is 1. The van der Waals surface area contributed by atoms with Crippen LogP contribution in [0.2, 0.25) is 0 Å². The Morgan fingerprint density at radius 1 is 0.946 bits per heavy atom. The summed E-state index contributed by atoms with van der Waals surface area (Å²) in [6.45, 7) is -0.161. The summed E-state index contributed by atoms with van der Waals surface area (Å²) in [5.41, 5.74) is 13.1. The lowest BCUT2D eigenvalue weighted by molar-refractivity contribution is -0.142. The fourth-order valence-corrected chi connectivity index (χ4v) is 3.73. The molecule has 2 aromatic rings. The summed E-state index contributed by atoms with van der Waals surface area (Å²) in [4.78, 5) is 63.0. The number of unbranched alkanes of at least 4 members (excludes halogenated alkanes) is 1. The monoisotopic (exact) mass is 518 g/mol. The third-order valence-corrected chi connectivity index (χ3v) is 5.73. The van der Waals surface area contributed by atoms with Crippen molar-refractivity contribution in [3.8, 4) is 0 Å². The third kappa shape index (κ3) is 9.54. The smallest absolute Gasteiger partial charge is 0.326 e. The number of hydrogen-bond donors (Lipinski definition) is 8. The summed E-state index contributed by atoms with van der Waals surface area (Å²) < 4.78 is 0. The van der Waals surface area contributed by atoms with Gasteiger partial charge in [-0.2, -0.15) is 0 Å². The molecule has 0 aliphatic rings. The molecule has 0 saturated heterocycles. The molecule has 0 aliphatic heterocycles. The van der Waals surface area contributed by atoms with E-state index >= 15 is 0 Å². The maximum absolute atomic E-state index is 12.7. The quantitative estimate of drug-likeness (QED) is 0.130. The highest BCUT2D eigenvalue weighted by Gasteiger charge is 2.26. The van der Waals surface area contributed by atoms with Gasteiger partial charge in [-0.25, -0.2) is 4.79 Å². The van der Waals surface area contributed by atoms with Crippen molar-refractivity contribution in [1.82, 2.24) is 20.9 Å². The number of hydrogen-bond acceptors (Lipinski definition) is 7. The predicted octanol–water partition coefficient (Wildman–Crippen LogP) is -0.798. The molecule has 202 valence electrons. The van der Waals surface area contributed by atoms with E-state index in [9.17, 15) is 29.1 Å². The Balaban J connectivity index is 1.95. The van der Waals surface area contributed by atoms with Gasteiger partial charge in [0.2, 0.25) is 17.7 Å². The molecule has 1 heterocycles. The standard InChI is InChI=1S/C24H34N6O7/c25-10-4-3-7-19(24(36)37)29-20(31)13-28-23(35)18(8-9-21(32)33)30-22(34)16(26)11-14-12-27-17-6-2-1-5-15(14)17/h1-2,5-6,12,16,18-19,27H,3-4,7-11,13,25-26H2,(H,28,35)(H,29,31)(H,30,34)(H,32,33)(H,36,37). The van der Waals surface area contributed by atoms with Crippen LogP contribution in [0.3, 0.4) is 0 Å². The first kappa shape index (κ1) is 29.3. The van der Waals surface area contributed by atoms with Crippen LogP contribution >= 0.6 is 0 Å². The van der Waals surface area contributed by atoms with E-state index in [-0.39, 0.29) is 19.3 Å². The van der Waals surface area contributed by atoms with Crippen molar-refractivity contribution in [2.75, 3.05) is 13.1 Å². The SMILES string of the molecule is NCCCCC(NC(=O)CNC(=O)C(CCC(=O)O)NC(=O)C(N)Cc1c[nH]c2ccccc12)C(=O)O. The number of carbonyl (C=O) groups is 5. The summed E-state index contributed by atoms with van der Waals surface area (Å²) in [5.74, 6) is -4.58. The zero-order valence-corrected chi connectivity index (χ0v) is 20.4. The lowest BCUT2D eigenvalue weighted by Crippen LogP contribution is -2.54. The molecule has 1 aromatic heterocycles. The normalized spacial score (nSPS) is 13.4. The van der Waals surface area contributed by atoms with E-state index in [2.05, 4.69) is 20.9 Å². The lowest BCUT2D eigenvalue weighted by atomic mass is 10.0. The second-order valence-electron chi connectivity index (χ2n) is 8.62. The maximum Gasteiger partial charge on any atom is 0.326 e. The van der Waals surface area contributed by atoms with Gasteiger partial charge in [-0.3, -0.25) is 19.2 Å². The van der Waals surface area contributed by atoms with Crippen molar-refractivity contribution in [1.29, 1.82) is 0 Å². The van der Waals surface area contributed by atoms with Gasteiger partial charge in [0.25, 0.3) is 0 Å². The molecule has 0 radical (unpaired) electrons. The topological polar surface area (TPSA) is 230 Å². The van der Waals surface area contributed by atoms with Gasteiger partial charge in [0.05, 0.1) is 12.6 Å². The highest BCUT2D eigenvalue weighted by atomic mass is 16.4. The van der Waals surface area contributed by atoms with Crippen molar-refractivity contribution in [2.24, 2.45) is 11.5 Å². The van der Waals surface area contributed by atoms with Crippen LogP contribution in [0.5, 0.6) is 0 Å². The number of aromatic amines is 1. The number of carbonyl (C=O) groups excluding carboxylic acids is 3. The molecule has 10 N–H and O–H groups in total. The molecule has 0 fully saturated rings. The Morgan fingerprint density at radius 3 is 2.35 bits per heavy atom. The number of rotatable bonds is 16. The van der Waals surface area contributed by atoms with E-state index in [1.807, 2.05) is 24.3 Å². The number of H-pyrrole nitrogens is 1. The van der Waals surface area contributed by atoms with Gasteiger partial charge in [-0.1, -0.05) is 18.2 Å². The number of aromatic nitrogens is 1. The van der Waals surface area contributed by atoms with Gasteiger partial charge < -0.3 is 42.6 Å². The van der Waals surface area contributed by atoms with E-state index in [1.165, 1.54) is 0 Å². The Bertz CT molecular complexity index is 1100. The van der Waals surface area contributed by atoms with E-state index in [4.69, 9.17) is 16.6 Å². The Labute approximate surface area is 213 Å². The van der Waals surface area contributed by atoms with Crippen molar-refractivity contribution in [3.05, 3.63) is 36.0 Å². The molecule has 0 spiro atoms. The Kier molecular flexibility index (Phi) is 11.5. The van der Waals surface area contributed by atoms with Gasteiger partial charge >= 0.3 is 11.9 Å². The minimum Gasteiger partial charge on any atom is -0.481 e. The molecular weight excluding hydrogens is 484 g/mol. The third-order valence-electron chi connectivity index (χ3n) is 5.73. The molecule has 0 saturated carbocycles. The van der Waals surface area contributed by atoms with E-state index in [0.29, 0.717) is 19.4 Å². The number of amides is 3. The zero-order chi connectivity index (χ0) is 27.4. The van der Waals surface area contributed by atoms with Crippen LogP contribution in [-0.4, -0.2) is 76.1 Å². The molecular formula is C24H34N6O7. The van der Waals surface area contributed by atoms with E-state index in [1.54, 1.807) is 6.20 Å². The van der Waals surface area contributed by atoms with Crippen LogP contribution in [0.4, 0.5) is 0 Å². The first-order valence-corrected chi connectivity index (χ1v) is 11.9. The average Bonchev–Trinajstić information content (AvgIpc) is 3.26. The highest BCUT2D eigenvalue weighted by Crippen LogP contribution is 2.18.